The molecule has 0 aromatic heterocycles. The quantitative estimate of drug-likeness (QED) is 0.366. The molecule has 0 fully saturated rings. The van der Waals surface area contributed by atoms with Gasteiger partial charge in [-0.3, -0.25) is 0 Å². The van der Waals surface area contributed by atoms with Crippen molar-refractivity contribution in [3.05, 3.63) is 23.8 Å². The molecule has 10 heavy (non-hydrogen) atoms. The van der Waals surface area contributed by atoms with Gasteiger partial charge >= 0.3 is 7.12 Å². The average molecular weight is 138 g/mol. The van der Waals surface area contributed by atoms with Gasteiger partial charge in [0, 0.05) is 6.08 Å². The Labute approximate surface area is 59.8 Å². The second-order valence-electron chi connectivity index (χ2n) is 2.16. The molecule has 0 radical (unpaired) electrons. The molecule has 0 saturated heterocycles. The molecule has 4 heteroatoms. The summed E-state index contributed by atoms with van der Waals surface area (Å²) in [6.45, 7) is 4.26. The molecule has 2 N–H and O–H groups in total. The van der Waals surface area contributed by atoms with Crippen LogP contribution in [0, 0.1) is 0 Å². The van der Waals surface area contributed by atoms with Crippen LogP contribution in [0.2, 0.25) is 0 Å². The number of hydrogen-bond acceptors (Lipinski definition) is 2. The molecule has 0 aromatic carbocycles. The summed E-state index contributed by atoms with van der Waals surface area (Å²) in [5.74, 6) is 0. The molecule has 0 aliphatic carbocycles. The van der Waals surface area contributed by atoms with Crippen molar-refractivity contribution in [1.82, 2.24) is 0 Å². The zero-order valence-corrected chi connectivity index (χ0v) is 5.57. The molecule has 0 spiro atoms. The van der Waals surface area contributed by atoms with Gasteiger partial charge in [0.15, 0.2) is 12.7 Å². The van der Waals surface area contributed by atoms with Gasteiger partial charge in [0.05, 0.1) is 0 Å². The van der Waals surface area contributed by atoms with E-state index in [9.17, 15) is 0 Å². The highest BCUT2D eigenvalue weighted by Crippen LogP contribution is 2.02. The minimum atomic E-state index is -1.36. The van der Waals surface area contributed by atoms with E-state index < -0.39 is 7.12 Å². The summed E-state index contributed by atoms with van der Waals surface area (Å²) in [6.07, 6.45) is 5.05. The van der Waals surface area contributed by atoms with Gasteiger partial charge in [-0.2, -0.15) is 0 Å². The van der Waals surface area contributed by atoms with Gasteiger partial charge < -0.3 is 10.0 Å². The zero-order chi connectivity index (χ0) is 7.56. The maximum atomic E-state index is 8.66. The summed E-state index contributed by atoms with van der Waals surface area (Å²) in [7, 11) is -1.36. The Kier molecular flexibility index (Phi) is 2.04. The lowest BCUT2D eigenvalue weighted by Gasteiger charge is -2.02. The van der Waals surface area contributed by atoms with Crippen molar-refractivity contribution in [2.45, 2.75) is 0 Å². The molecule has 0 unspecified atom stereocenters. The molecule has 3 nitrogen and oxygen atoms in total. The van der Waals surface area contributed by atoms with Crippen LogP contribution < -0.4 is 0 Å². The summed E-state index contributed by atoms with van der Waals surface area (Å²) < 4.78 is 1.70. The van der Waals surface area contributed by atoms with Gasteiger partial charge in [-0.15, -0.1) is 0 Å². The van der Waals surface area contributed by atoms with Crippen molar-refractivity contribution in [1.29, 1.82) is 0 Å². The molecule has 1 aliphatic rings. The molecule has 1 rings (SSSR count). The first kappa shape index (κ1) is 7.24. The van der Waals surface area contributed by atoms with Crippen LogP contribution in [0.15, 0.2) is 23.8 Å². The molecular formula is C6H9BNO2+. The second-order valence-corrected chi connectivity index (χ2v) is 2.16. The van der Waals surface area contributed by atoms with Crippen LogP contribution in [0.1, 0.15) is 0 Å². The molecule has 0 saturated carbocycles. The lowest BCUT2D eigenvalue weighted by Crippen LogP contribution is -2.18. The molecule has 1 heterocycles. The highest BCUT2D eigenvalue weighted by atomic mass is 16.4. The van der Waals surface area contributed by atoms with E-state index in [1.807, 2.05) is 0 Å². The van der Waals surface area contributed by atoms with Crippen LogP contribution in [-0.2, 0) is 0 Å². The Morgan fingerprint density at radius 1 is 1.60 bits per heavy atom. The first-order valence-corrected chi connectivity index (χ1v) is 3.01. The van der Waals surface area contributed by atoms with E-state index in [2.05, 4.69) is 6.72 Å². The van der Waals surface area contributed by atoms with Gasteiger partial charge in [-0.1, -0.05) is 0 Å². The molecule has 1 aliphatic heterocycles. The van der Waals surface area contributed by atoms with Crippen molar-refractivity contribution < 1.29 is 14.6 Å². The summed E-state index contributed by atoms with van der Waals surface area (Å²) in [4.78, 5) is 0. The summed E-state index contributed by atoms with van der Waals surface area (Å²) >= 11 is 0. The van der Waals surface area contributed by atoms with Gasteiger partial charge in [0.25, 0.3) is 0 Å². The van der Waals surface area contributed by atoms with Gasteiger partial charge in [-0.05, 0) is 11.5 Å². The third-order valence-electron chi connectivity index (χ3n) is 1.34. The molecule has 0 amide bonds. The lowest BCUT2D eigenvalue weighted by molar-refractivity contribution is -0.437. The average Bonchev–Trinajstić information content (AvgIpc) is 1.88. The molecule has 0 bridgehead atoms. The Bertz CT molecular complexity index is 208. The zero-order valence-electron chi connectivity index (χ0n) is 5.57. The Hall–Kier alpha value is -0.865. The van der Waals surface area contributed by atoms with E-state index in [4.69, 9.17) is 10.0 Å². The largest absolute Gasteiger partial charge is 0.488 e. The maximum Gasteiger partial charge on any atom is 0.488 e. The van der Waals surface area contributed by atoms with Crippen molar-refractivity contribution in [3.8, 4) is 0 Å². The molecular weight excluding hydrogens is 129 g/mol. The summed E-state index contributed by atoms with van der Waals surface area (Å²) in [5.41, 5.74) is 0.528. The first-order valence-electron chi connectivity index (χ1n) is 3.01. The third kappa shape index (κ3) is 1.56. The number of hydrogen-bond donors (Lipinski definition) is 2. The van der Waals surface area contributed by atoms with Crippen LogP contribution in [-0.4, -0.2) is 35.0 Å². The van der Waals surface area contributed by atoms with Gasteiger partial charge in [-0.25, -0.2) is 4.58 Å². The molecule has 0 atom stereocenters. The predicted octanol–water partition coefficient (Wildman–Crippen LogP) is -0.835. The molecule has 52 valence electrons. The van der Waals surface area contributed by atoms with Crippen molar-refractivity contribution in [2.24, 2.45) is 0 Å². The minimum Gasteiger partial charge on any atom is -0.423 e. The van der Waals surface area contributed by atoms with E-state index in [0.29, 0.717) is 12.0 Å². The highest BCUT2D eigenvalue weighted by Gasteiger charge is 2.15. The number of allylic oxidation sites excluding steroid dienone is 2. The van der Waals surface area contributed by atoms with Crippen molar-refractivity contribution in [3.63, 3.8) is 0 Å². The fourth-order valence-electron chi connectivity index (χ4n) is 0.735. The number of nitrogens with zero attached hydrogens (tertiary/aromatic N) is 1. The normalized spacial score (nSPS) is 17.0. The smallest absolute Gasteiger partial charge is 0.423 e. The topological polar surface area (TPSA) is 43.5 Å². The summed E-state index contributed by atoms with van der Waals surface area (Å²) in [6, 6.07) is 0. The third-order valence-corrected chi connectivity index (χ3v) is 1.34. The van der Waals surface area contributed by atoms with E-state index in [-0.39, 0.29) is 0 Å². The number of rotatable bonds is 1. The fraction of sp³-hybridized carbons (Fsp3) is 0.167. The van der Waals surface area contributed by atoms with Crippen LogP contribution in [0.4, 0.5) is 0 Å². The molecule has 0 aromatic rings. The summed E-state index contributed by atoms with van der Waals surface area (Å²) in [5, 5.41) is 17.3. The minimum absolute atomic E-state index is 0.528. The monoisotopic (exact) mass is 138 g/mol. The maximum absolute atomic E-state index is 8.66. The first-order chi connectivity index (χ1) is 4.70. The standard InChI is InChI=1S/C6H9BNO2/c1-8-4-2-6(3-5-8)7(9)10/h2-4,9-10H,1,5H2/q+1. The Morgan fingerprint density at radius 2 is 2.30 bits per heavy atom. The lowest BCUT2D eigenvalue weighted by atomic mass is 9.78. The SMILES string of the molecule is C=[N+]1C=CC(B(O)O)=CC1. The van der Waals surface area contributed by atoms with Crippen LogP contribution in [0.5, 0.6) is 0 Å². The van der Waals surface area contributed by atoms with E-state index >= 15 is 0 Å². The van der Waals surface area contributed by atoms with Gasteiger partial charge in [0.2, 0.25) is 0 Å². The van der Waals surface area contributed by atoms with E-state index in [0.717, 1.165) is 0 Å². The predicted molar refractivity (Wildman–Crippen MR) is 39.7 cm³/mol. The van der Waals surface area contributed by atoms with E-state index in [1.165, 1.54) is 0 Å². The Morgan fingerprint density at radius 3 is 2.70 bits per heavy atom. The van der Waals surface area contributed by atoms with Crippen LogP contribution in [0.25, 0.3) is 0 Å². The van der Waals surface area contributed by atoms with E-state index in [1.54, 1.807) is 22.9 Å². The fourth-order valence-corrected chi connectivity index (χ4v) is 0.735. The van der Waals surface area contributed by atoms with Crippen LogP contribution >= 0.6 is 0 Å². The van der Waals surface area contributed by atoms with Gasteiger partial charge in [0.1, 0.15) is 6.72 Å². The van der Waals surface area contributed by atoms with Crippen molar-refractivity contribution in [2.75, 3.05) is 6.54 Å². The Balaban J connectivity index is 2.67. The van der Waals surface area contributed by atoms with Crippen LogP contribution in [0.3, 0.4) is 0 Å². The second kappa shape index (κ2) is 2.81. The van der Waals surface area contributed by atoms with Crippen molar-refractivity contribution >= 4 is 13.8 Å². The highest BCUT2D eigenvalue weighted by molar-refractivity contribution is 6.51.